The number of aryl methyl sites for hydroxylation is 3. The van der Waals surface area contributed by atoms with Crippen molar-refractivity contribution in [3.63, 3.8) is 0 Å². The van der Waals surface area contributed by atoms with Crippen LogP contribution in [0.1, 0.15) is 74.6 Å². The molecular formula is C22H30O4S. The van der Waals surface area contributed by atoms with Gasteiger partial charge < -0.3 is 4.18 Å². The number of carbonyl (C=O) groups excluding carboxylic acids is 1. The first-order chi connectivity index (χ1) is 12.7. The van der Waals surface area contributed by atoms with Crippen LogP contribution in [-0.2, 0) is 31.9 Å². The van der Waals surface area contributed by atoms with Gasteiger partial charge in [0.2, 0.25) is 0 Å². The van der Waals surface area contributed by atoms with Crippen LogP contribution in [-0.4, -0.2) is 20.5 Å². The summed E-state index contributed by atoms with van der Waals surface area (Å²) in [4.78, 5) is 13.2. The number of hydrogen-bond acceptors (Lipinski definition) is 4. The van der Waals surface area contributed by atoms with Crippen LogP contribution in [0.4, 0.5) is 0 Å². The minimum Gasteiger partial charge on any atom is -0.386 e. The monoisotopic (exact) mass is 390 g/mol. The number of hydrogen-bond donors (Lipinski definition) is 0. The van der Waals surface area contributed by atoms with E-state index < -0.39 is 15.5 Å². The molecule has 0 aliphatic heterocycles. The molecule has 1 aromatic rings. The third-order valence-electron chi connectivity index (χ3n) is 5.99. The van der Waals surface area contributed by atoms with E-state index in [0.29, 0.717) is 17.8 Å². The quantitative estimate of drug-likeness (QED) is 0.682. The second-order valence-electron chi connectivity index (χ2n) is 8.10. The van der Waals surface area contributed by atoms with E-state index in [1.807, 2.05) is 0 Å². The summed E-state index contributed by atoms with van der Waals surface area (Å²) in [6.45, 7) is 6.21. The summed E-state index contributed by atoms with van der Waals surface area (Å²) in [7, 11) is -3.70. The van der Waals surface area contributed by atoms with E-state index in [-0.39, 0.29) is 5.78 Å². The van der Waals surface area contributed by atoms with Gasteiger partial charge in [-0.05, 0) is 49.3 Å². The van der Waals surface area contributed by atoms with Gasteiger partial charge >= 0.3 is 10.1 Å². The van der Waals surface area contributed by atoms with Gasteiger partial charge in [0, 0.05) is 11.8 Å². The molecule has 0 radical (unpaired) electrons. The Labute approximate surface area is 163 Å². The second kappa shape index (κ2) is 7.42. The summed E-state index contributed by atoms with van der Waals surface area (Å²) in [6.07, 6.45) is 7.81. The van der Waals surface area contributed by atoms with Gasteiger partial charge in [0.1, 0.15) is 5.76 Å². The molecular weight excluding hydrogens is 360 g/mol. The first-order valence-corrected chi connectivity index (χ1v) is 11.8. The highest BCUT2D eigenvalue weighted by molar-refractivity contribution is 7.86. The minimum absolute atomic E-state index is 0.0313. The molecule has 0 unspecified atom stereocenters. The lowest BCUT2D eigenvalue weighted by atomic mass is 9.72. The van der Waals surface area contributed by atoms with E-state index in [1.54, 1.807) is 0 Å². The summed E-state index contributed by atoms with van der Waals surface area (Å²) < 4.78 is 29.8. The lowest BCUT2D eigenvalue weighted by Gasteiger charge is -2.34. The number of allylic oxidation sites excluding steroid dienone is 2. The first-order valence-electron chi connectivity index (χ1n) is 10.0. The molecule has 1 saturated carbocycles. The molecule has 3 rings (SSSR count). The number of Topliss-reactive ketones (excluding diaryl/α,β-unsaturated/α-hetero) is 1. The predicted molar refractivity (Wildman–Crippen MR) is 108 cm³/mol. The smallest absolute Gasteiger partial charge is 0.305 e. The van der Waals surface area contributed by atoms with E-state index in [4.69, 9.17) is 4.18 Å². The van der Waals surface area contributed by atoms with Crippen LogP contribution in [0, 0.1) is 12.3 Å². The largest absolute Gasteiger partial charge is 0.386 e. The molecule has 0 atom stereocenters. The van der Waals surface area contributed by atoms with Gasteiger partial charge in [-0.1, -0.05) is 50.8 Å². The molecule has 0 amide bonds. The summed E-state index contributed by atoms with van der Waals surface area (Å²) in [5.74, 6) is 0.451. The summed E-state index contributed by atoms with van der Waals surface area (Å²) in [5, 5.41) is 0. The molecule has 0 aromatic heterocycles. The summed E-state index contributed by atoms with van der Waals surface area (Å²) >= 11 is 0. The molecule has 1 aromatic carbocycles. The van der Waals surface area contributed by atoms with E-state index >= 15 is 0 Å². The van der Waals surface area contributed by atoms with Crippen LogP contribution in [0.2, 0.25) is 0 Å². The second-order valence-corrected chi connectivity index (χ2v) is 9.67. The molecule has 2 aliphatic rings. The van der Waals surface area contributed by atoms with Crippen molar-refractivity contribution in [3.05, 3.63) is 40.1 Å². The van der Waals surface area contributed by atoms with Crippen molar-refractivity contribution >= 4 is 21.5 Å². The highest BCUT2D eigenvalue weighted by atomic mass is 32.2. The average molecular weight is 391 g/mol. The topological polar surface area (TPSA) is 60.4 Å². The van der Waals surface area contributed by atoms with Crippen molar-refractivity contribution in [2.45, 2.75) is 72.1 Å². The van der Waals surface area contributed by atoms with Crippen molar-refractivity contribution in [3.8, 4) is 0 Å². The normalized spacial score (nSPS) is 19.8. The Bertz CT molecular complexity index is 862. The van der Waals surface area contributed by atoms with Crippen LogP contribution in [0.25, 0.3) is 5.57 Å². The van der Waals surface area contributed by atoms with E-state index in [2.05, 4.69) is 32.9 Å². The number of ketones is 1. The maximum Gasteiger partial charge on any atom is 0.305 e. The maximum absolute atomic E-state index is 13.2. The van der Waals surface area contributed by atoms with Gasteiger partial charge in [-0.25, -0.2) is 0 Å². The third-order valence-corrected chi connectivity index (χ3v) is 6.46. The molecule has 1 spiro atoms. The van der Waals surface area contributed by atoms with Crippen LogP contribution < -0.4 is 0 Å². The Morgan fingerprint density at radius 3 is 2.07 bits per heavy atom. The third kappa shape index (κ3) is 3.84. The summed E-state index contributed by atoms with van der Waals surface area (Å²) in [6, 6.07) is 4.22. The average Bonchev–Trinajstić information content (AvgIpc) is 2.84. The van der Waals surface area contributed by atoms with E-state index in [9.17, 15) is 13.2 Å². The zero-order chi connectivity index (χ0) is 19.8. The van der Waals surface area contributed by atoms with Gasteiger partial charge in [-0.15, -0.1) is 0 Å². The van der Waals surface area contributed by atoms with Crippen molar-refractivity contribution in [2.24, 2.45) is 5.41 Å². The highest BCUT2D eigenvalue weighted by Crippen LogP contribution is 2.54. The number of benzene rings is 1. The van der Waals surface area contributed by atoms with Crippen molar-refractivity contribution in [1.82, 2.24) is 0 Å². The number of carbonyl (C=O) groups is 1. The molecule has 0 bridgehead atoms. The Balaban J connectivity index is 2.31. The van der Waals surface area contributed by atoms with E-state index in [0.717, 1.165) is 73.5 Å². The van der Waals surface area contributed by atoms with Gasteiger partial charge in [-0.3, -0.25) is 4.79 Å². The molecule has 148 valence electrons. The minimum atomic E-state index is -3.70. The fourth-order valence-corrected chi connectivity index (χ4v) is 5.42. The lowest BCUT2D eigenvalue weighted by molar-refractivity contribution is -0.114. The SMILES string of the molecule is CCc1cc(C)cc(CC)c1C1=C(OS(C)(=O)=O)C2(CCCCC2)CC1=O. The van der Waals surface area contributed by atoms with E-state index in [1.165, 1.54) is 0 Å². The standard InChI is InChI=1S/C22H30O4S/c1-5-16-12-15(3)13-17(6-2)19(16)20-18(23)14-22(10-8-7-9-11-22)21(20)26-27(4,24)25/h12-13H,5-11,14H2,1-4H3. The fourth-order valence-electron chi connectivity index (χ4n) is 4.86. The molecule has 0 heterocycles. The molecule has 1 fully saturated rings. The van der Waals surface area contributed by atoms with Crippen LogP contribution in [0.5, 0.6) is 0 Å². The highest BCUT2D eigenvalue weighted by Gasteiger charge is 2.49. The fraction of sp³-hybridized carbons (Fsp3) is 0.591. The van der Waals surface area contributed by atoms with Crippen molar-refractivity contribution in [1.29, 1.82) is 0 Å². The molecule has 0 saturated heterocycles. The zero-order valence-electron chi connectivity index (χ0n) is 16.9. The Kier molecular flexibility index (Phi) is 5.53. The van der Waals surface area contributed by atoms with Crippen LogP contribution in [0.15, 0.2) is 17.9 Å². The lowest BCUT2D eigenvalue weighted by Crippen LogP contribution is -2.26. The van der Waals surface area contributed by atoms with Crippen LogP contribution in [0.3, 0.4) is 0 Å². The van der Waals surface area contributed by atoms with Crippen molar-refractivity contribution in [2.75, 3.05) is 6.26 Å². The number of rotatable bonds is 5. The molecule has 2 aliphatic carbocycles. The van der Waals surface area contributed by atoms with Crippen molar-refractivity contribution < 1.29 is 17.4 Å². The van der Waals surface area contributed by atoms with Gasteiger partial charge in [-0.2, -0.15) is 8.42 Å². The molecule has 0 N–H and O–H groups in total. The summed E-state index contributed by atoms with van der Waals surface area (Å²) in [5.41, 5.74) is 4.34. The zero-order valence-corrected chi connectivity index (χ0v) is 17.7. The Hall–Kier alpha value is -1.62. The maximum atomic E-state index is 13.2. The molecule has 5 heteroatoms. The molecule has 27 heavy (non-hydrogen) atoms. The van der Waals surface area contributed by atoms with Gasteiger partial charge in [0.25, 0.3) is 0 Å². The Morgan fingerprint density at radius 1 is 1.04 bits per heavy atom. The first kappa shape index (κ1) is 20.1. The molecule has 4 nitrogen and oxygen atoms in total. The Morgan fingerprint density at radius 2 is 1.59 bits per heavy atom. The van der Waals surface area contributed by atoms with Gasteiger partial charge in [0.05, 0.1) is 11.8 Å². The predicted octanol–water partition coefficient (Wildman–Crippen LogP) is 4.73. The van der Waals surface area contributed by atoms with Crippen LogP contribution >= 0.6 is 0 Å². The van der Waals surface area contributed by atoms with Gasteiger partial charge in [0.15, 0.2) is 5.78 Å².